The van der Waals surface area contributed by atoms with Crippen molar-refractivity contribution in [3.63, 3.8) is 0 Å². The van der Waals surface area contributed by atoms with Crippen molar-refractivity contribution in [1.82, 2.24) is 20.0 Å². The number of hydrogen-bond donors (Lipinski definition) is 1. The van der Waals surface area contributed by atoms with Gasteiger partial charge in [0.15, 0.2) is 0 Å². The fraction of sp³-hybridized carbons (Fsp3) is 0.812. The molecule has 0 saturated carbocycles. The molecule has 0 aliphatic carbocycles. The molecule has 0 bridgehead atoms. The monoisotopic (exact) mass is 278 g/mol. The summed E-state index contributed by atoms with van der Waals surface area (Å²) in [5.74, 6) is 0.664. The van der Waals surface area contributed by atoms with Gasteiger partial charge >= 0.3 is 0 Å². The van der Waals surface area contributed by atoms with E-state index in [0.29, 0.717) is 12.0 Å². The minimum Gasteiger partial charge on any atom is -0.309 e. The Morgan fingerprint density at radius 2 is 2.15 bits per heavy atom. The maximum absolute atomic E-state index is 4.58. The molecule has 1 N–H and O–H groups in total. The molecule has 1 aliphatic rings. The van der Waals surface area contributed by atoms with Gasteiger partial charge in [0, 0.05) is 38.3 Å². The molecule has 0 radical (unpaired) electrons. The smallest absolute Gasteiger partial charge is 0.0625 e. The highest BCUT2D eigenvalue weighted by atomic mass is 15.3. The number of hydrogen-bond acceptors (Lipinski definition) is 3. The Kier molecular flexibility index (Phi) is 4.55. The maximum Gasteiger partial charge on any atom is 0.0625 e. The predicted octanol–water partition coefficient (Wildman–Crippen LogP) is 2.19. The second-order valence-corrected chi connectivity index (χ2v) is 7.09. The third kappa shape index (κ3) is 3.41. The van der Waals surface area contributed by atoms with Crippen molar-refractivity contribution < 1.29 is 0 Å². The molecular formula is C16H30N4. The predicted molar refractivity (Wildman–Crippen MR) is 83.7 cm³/mol. The number of piperazine rings is 1. The van der Waals surface area contributed by atoms with Crippen LogP contribution in [-0.4, -0.2) is 39.4 Å². The van der Waals surface area contributed by atoms with E-state index < -0.39 is 0 Å². The van der Waals surface area contributed by atoms with Crippen molar-refractivity contribution in [2.45, 2.75) is 59.2 Å². The highest BCUT2D eigenvalue weighted by molar-refractivity contribution is 5.11. The van der Waals surface area contributed by atoms with Gasteiger partial charge in [-0.15, -0.1) is 0 Å². The van der Waals surface area contributed by atoms with Crippen molar-refractivity contribution in [2.24, 2.45) is 13.0 Å². The average molecular weight is 278 g/mol. The SMILES string of the molecule is CCc1cc(CN2CC(C)(C)NCC2C(C)C)n(C)n1. The first-order valence-electron chi connectivity index (χ1n) is 7.83. The standard InChI is InChI=1S/C16H30N4/c1-7-13-8-14(19(6)18-13)10-20-11-16(4,5)17-9-15(20)12(2)3/h8,12,15,17H,7,9-11H2,1-6H3. The van der Waals surface area contributed by atoms with Gasteiger partial charge in [-0.3, -0.25) is 9.58 Å². The Labute approximate surface area is 123 Å². The van der Waals surface area contributed by atoms with E-state index in [-0.39, 0.29) is 5.54 Å². The van der Waals surface area contributed by atoms with E-state index in [4.69, 9.17) is 0 Å². The van der Waals surface area contributed by atoms with Crippen LogP contribution in [0.15, 0.2) is 6.07 Å². The molecule has 2 rings (SSSR count). The Bertz CT molecular complexity index is 447. The Hall–Kier alpha value is -0.870. The summed E-state index contributed by atoms with van der Waals surface area (Å²) in [6.45, 7) is 14.5. The minimum atomic E-state index is 0.192. The third-order valence-corrected chi connectivity index (χ3v) is 4.38. The second kappa shape index (κ2) is 5.86. The van der Waals surface area contributed by atoms with Crippen LogP contribution in [-0.2, 0) is 20.0 Å². The summed E-state index contributed by atoms with van der Waals surface area (Å²) in [4.78, 5) is 2.62. The van der Waals surface area contributed by atoms with Crippen LogP contribution in [0.1, 0.15) is 46.0 Å². The van der Waals surface area contributed by atoms with Crippen LogP contribution >= 0.6 is 0 Å². The molecule has 4 heteroatoms. The van der Waals surface area contributed by atoms with Gasteiger partial charge in [-0.2, -0.15) is 5.10 Å². The summed E-state index contributed by atoms with van der Waals surface area (Å²) in [7, 11) is 2.06. The van der Waals surface area contributed by atoms with Crippen molar-refractivity contribution >= 4 is 0 Å². The van der Waals surface area contributed by atoms with E-state index in [1.165, 1.54) is 11.4 Å². The normalized spacial score (nSPS) is 23.4. The van der Waals surface area contributed by atoms with Crippen molar-refractivity contribution in [3.8, 4) is 0 Å². The van der Waals surface area contributed by atoms with Gasteiger partial charge in [-0.25, -0.2) is 0 Å². The van der Waals surface area contributed by atoms with Gasteiger partial charge in [0.25, 0.3) is 0 Å². The number of aromatic nitrogens is 2. The number of nitrogens with zero attached hydrogens (tertiary/aromatic N) is 3. The molecule has 1 fully saturated rings. The molecule has 1 aromatic rings. The van der Waals surface area contributed by atoms with Crippen LogP contribution in [0.2, 0.25) is 0 Å². The maximum atomic E-state index is 4.58. The summed E-state index contributed by atoms with van der Waals surface area (Å²) < 4.78 is 2.05. The van der Waals surface area contributed by atoms with E-state index >= 15 is 0 Å². The van der Waals surface area contributed by atoms with Crippen molar-refractivity contribution in [3.05, 3.63) is 17.5 Å². The lowest BCUT2D eigenvalue weighted by Gasteiger charge is -2.46. The largest absolute Gasteiger partial charge is 0.309 e. The van der Waals surface area contributed by atoms with E-state index in [0.717, 1.165) is 26.1 Å². The van der Waals surface area contributed by atoms with Crippen molar-refractivity contribution in [1.29, 1.82) is 0 Å². The van der Waals surface area contributed by atoms with E-state index in [2.05, 4.69) is 63.0 Å². The van der Waals surface area contributed by atoms with Gasteiger partial charge in [0.2, 0.25) is 0 Å². The second-order valence-electron chi connectivity index (χ2n) is 7.09. The van der Waals surface area contributed by atoms with Crippen LogP contribution in [0.3, 0.4) is 0 Å². The molecule has 1 unspecified atom stereocenters. The zero-order chi connectivity index (χ0) is 14.9. The number of aryl methyl sites for hydroxylation is 2. The first-order chi connectivity index (χ1) is 9.32. The summed E-state index contributed by atoms with van der Waals surface area (Å²) >= 11 is 0. The first-order valence-corrected chi connectivity index (χ1v) is 7.83. The molecule has 0 aromatic carbocycles. The van der Waals surface area contributed by atoms with Gasteiger partial charge in [0.05, 0.1) is 11.4 Å². The molecular weight excluding hydrogens is 248 g/mol. The zero-order valence-electron chi connectivity index (χ0n) is 13.9. The molecule has 1 atom stereocenters. The molecule has 1 aliphatic heterocycles. The van der Waals surface area contributed by atoms with Crippen LogP contribution in [0, 0.1) is 5.92 Å². The summed E-state index contributed by atoms with van der Waals surface area (Å²) in [5.41, 5.74) is 2.71. The topological polar surface area (TPSA) is 33.1 Å². The fourth-order valence-electron chi connectivity index (χ4n) is 3.12. The Morgan fingerprint density at radius 1 is 1.45 bits per heavy atom. The number of rotatable bonds is 4. The van der Waals surface area contributed by atoms with Gasteiger partial charge in [-0.1, -0.05) is 20.8 Å². The quantitative estimate of drug-likeness (QED) is 0.916. The molecule has 114 valence electrons. The van der Waals surface area contributed by atoms with Crippen LogP contribution < -0.4 is 5.32 Å². The summed E-state index contributed by atoms with van der Waals surface area (Å²) in [6.07, 6.45) is 1.01. The van der Waals surface area contributed by atoms with Crippen LogP contribution in [0.5, 0.6) is 0 Å². The lowest BCUT2D eigenvalue weighted by molar-refractivity contribution is 0.0607. The zero-order valence-corrected chi connectivity index (χ0v) is 13.9. The Balaban J connectivity index is 2.16. The third-order valence-electron chi connectivity index (χ3n) is 4.38. The van der Waals surface area contributed by atoms with E-state index in [1.54, 1.807) is 0 Å². The Morgan fingerprint density at radius 3 is 2.70 bits per heavy atom. The average Bonchev–Trinajstić information content (AvgIpc) is 2.69. The molecule has 20 heavy (non-hydrogen) atoms. The lowest BCUT2D eigenvalue weighted by atomic mass is 9.93. The van der Waals surface area contributed by atoms with E-state index in [1.807, 2.05) is 4.68 Å². The van der Waals surface area contributed by atoms with Gasteiger partial charge in [-0.05, 0) is 32.3 Å². The van der Waals surface area contributed by atoms with E-state index in [9.17, 15) is 0 Å². The molecule has 4 nitrogen and oxygen atoms in total. The van der Waals surface area contributed by atoms with Crippen LogP contribution in [0.4, 0.5) is 0 Å². The summed E-state index contributed by atoms with van der Waals surface area (Å²) in [5, 5.41) is 8.25. The number of nitrogens with one attached hydrogen (secondary N) is 1. The molecule has 1 saturated heterocycles. The molecule has 2 heterocycles. The molecule has 0 spiro atoms. The highest BCUT2D eigenvalue weighted by Crippen LogP contribution is 2.22. The fourth-order valence-corrected chi connectivity index (χ4v) is 3.12. The lowest BCUT2D eigenvalue weighted by Crippen LogP contribution is -2.62. The first kappa shape index (κ1) is 15.5. The van der Waals surface area contributed by atoms with Gasteiger partial charge < -0.3 is 5.32 Å². The van der Waals surface area contributed by atoms with Gasteiger partial charge in [0.1, 0.15) is 0 Å². The highest BCUT2D eigenvalue weighted by Gasteiger charge is 2.34. The molecule has 1 aromatic heterocycles. The minimum absolute atomic E-state index is 0.192. The summed E-state index contributed by atoms with van der Waals surface area (Å²) in [6, 6.07) is 2.86. The molecule has 0 amide bonds. The van der Waals surface area contributed by atoms with Crippen molar-refractivity contribution in [2.75, 3.05) is 13.1 Å². The van der Waals surface area contributed by atoms with Crippen LogP contribution in [0.25, 0.3) is 0 Å².